The molecule has 0 fully saturated rings. The molecule has 0 heterocycles. The first-order valence-electron chi connectivity index (χ1n) is 22.5. The molecule has 10 rings (SSSR count). The first-order chi connectivity index (χ1) is 35.0. The number of ether oxygens (including phenoxy) is 4. The number of hydrogen-bond acceptors (Lipinski definition) is 8. The van der Waals surface area contributed by atoms with Gasteiger partial charge in [0.1, 0.15) is 46.0 Å². The molecule has 354 valence electrons. The van der Waals surface area contributed by atoms with E-state index in [0.29, 0.717) is 51.6 Å². The maximum absolute atomic E-state index is 13.8. The summed E-state index contributed by atoms with van der Waals surface area (Å²) in [6.45, 7) is 0. The Hall–Kier alpha value is -7.74. The number of rotatable bonds is 15. The van der Waals surface area contributed by atoms with Crippen LogP contribution in [0.4, 0.5) is 0 Å². The fourth-order valence-corrected chi connectivity index (χ4v) is 11.5. The minimum Gasteiger partial charge on any atom is -0.457 e. The summed E-state index contributed by atoms with van der Waals surface area (Å²) in [6.07, 6.45) is 0. The highest BCUT2D eigenvalue weighted by atomic mass is 79.9. The van der Waals surface area contributed by atoms with Gasteiger partial charge in [0.2, 0.25) is 19.7 Å². The molecular weight excluding hydrogens is 1070 g/mol. The maximum Gasteiger partial charge on any atom is 0.206 e. The maximum atomic E-state index is 13.8. The Morgan fingerprint density at radius 3 is 1.21 bits per heavy atom. The smallest absolute Gasteiger partial charge is 0.206 e. The Morgan fingerprint density at radius 1 is 0.292 bits per heavy atom. The fraction of sp³-hybridized carbons (Fsp3) is 0. The second-order valence-electron chi connectivity index (χ2n) is 16.3. The zero-order valence-electron chi connectivity index (χ0n) is 37.9. The van der Waals surface area contributed by atoms with Gasteiger partial charge in [-0.25, -0.2) is 16.8 Å². The fourth-order valence-electron chi connectivity index (χ4n) is 7.94. The van der Waals surface area contributed by atoms with Crippen molar-refractivity contribution in [2.24, 2.45) is 0 Å². The second-order valence-corrected chi connectivity index (χ2v) is 22.0. The summed E-state index contributed by atoms with van der Waals surface area (Å²) in [5.41, 5.74) is 5.46. The van der Waals surface area contributed by atoms with Crippen LogP contribution in [0.3, 0.4) is 0 Å². The molecule has 0 unspecified atom stereocenters. The van der Waals surface area contributed by atoms with E-state index < -0.39 is 19.7 Å². The van der Waals surface area contributed by atoms with Gasteiger partial charge in [-0.15, -0.1) is 0 Å². The lowest BCUT2D eigenvalue weighted by atomic mass is 10.0. The van der Waals surface area contributed by atoms with Crippen LogP contribution in [0.1, 0.15) is 0 Å². The van der Waals surface area contributed by atoms with Crippen LogP contribution < -0.4 is 18.9 Å². The summed E-state index contributed by atoms with van der Waals surface area (Å²) in [4.78, 5) is 0.444. The van der Waals surface area contributed by atoms with Gasteiger partial charge in [0.15, 0.2) is 0 Å². The van der Waals surface area contributed by atoms with Gasteiger partial charge in [-0.1, -0.05) is 129 Å². The first kappa shape index (κ1) is 47.9. The summed E-state index contributed by atoms with van der Waals surface area (Å²) in [7, 11) is -7.75. The van der Waals surface area contributed by atoms with E-state index in [1.807, 2.05) is 133 Å². The molecule has 0 aromatic heterocycles. The van der Waals surface area contributed by atoms with Crippen molar-refractivity contribution in [1.82, 2.24) is 0 Å². The van der Waals surface area contributed by atoms with Crippen molar-refractivity contribution in [1.29, 1.82) is 0 Å². The van der Waals surface area contributed by atoms with Crippen LogP contribution in [0.25, 0.3) is 33.4 Å². The van der Waals surface area contributed by atoms with Crippen LogP contribution in [0.5, 0.6) is 46.0 Å². The summed E-state index contributed by atoms with van der Waals surface area (Å²) in [6, 6.07) is 71.5. The van der Waals surface area contributed by atoms with Gasteiger partial charge in [0, 0.05) is 20.1 Å². The molecular formula is C60H40Br2O8S2. The number of sulfone groups is 2. The van der Waals surface area contributed by atoms with E-state index in [1.54, 1.807) is 60.7 Å². The van der Waals surface area contributed by atoms with Crippen LogP contribution in [0.15, 0.2) is 271 Å². The zero-order chi connectivity index (χ0) is 49.7. The highest BCUT2D eigenvalue weighted by Crippen LogP contribution is 2.41. The lowest BCUT2D eigenvalue weighted by molar-refractivity contribution is 0.470. The van der Waals surface area contributed by atoms with Crippen molar-refractivity contribution in [3.05, 3.63) is 252 Å². The Balaban J connectivity index is 0.807. The molecule has 12 heteroatoms. The first-order valence-corrected chi connectivity index (χ1v) is 27.0. The van der Waals surface area contributed by atoms with E-state index >= 15 is 0 Å². The molecule has 72 heavy (non-hydrogen) atoms. The highest BCUT2D eigenvalue weighted by molar-refractivity contribution is 9.10. The van der Waals surface area contributed by atoms with Gasteiger partial charge in [0.25, 0.3) is 0 Å². The lowest BCUT2D eigenvalue weighted by Gasteiger charge is -2.15. The molecule has 0 aliphatic heterocycles. The van der Waals surface area contributed by atoms with Crippen molar-refractivity contribution in [2.75, 3.05) is 0 Å². The van der Waals surface area contributed by atoms with Crippen molar-refractivity contribution >= 4 is 51.5 Å². The predicted octanol–water partition coefficient (Wildman–Crippen LogP) is 17.0. The summed E-state index contributed by atoms with van der Waals surface area (Å²) in [5.74, 6) is 4.06. The lowest BCUT2D eigenvalue weighted by Crippen LogP contribution is -2.02. The molecule has 10 aromatic rings. The van der Waals surface area contributed by atoms with Crippen molar-refractivity contribution in [2.45, 2.75) is 19.6 Å². The Morgan fingerprint density at radius 2 is 0.708 bits per heavy atom. The standard InChI is InChI=1S/C60H40Br2O8S2/c61-45-37-44(41-11-4-1-5-12-41)38-51(39-45)68-47-21-30-53(31-22-47)72(65,66)54-32-23-48(24-33-54)69-58-36-27-50(40-56(58)42-13-6-2-7-14-42)67-46-19-28-52(29-20-46)71(63,64)55-34-25-49(26-35-55)70-59-18-10-17-57(62)60(59)43-15-8-3-9-16-43/h1-40H. The monoisotopic (exact) mass is 1110 g/mol. The predicted molar refractivity (Wildman–Crippen MR) is 288 cm³/mol. The number of benzene rings is 10. The van der Waals surface area contributed by atoms with E-state index in [0.717, 1.165) is 36.8 Å². The van der Waals surface area contributed by atoms with Crippen LogP contribution in [-0.4, -0.2) is 16.8 Å². The van der Waals surface area contributed by atoms with Gasteiger partial charge >= 0.3 is 0 Å². The Bertz CT molecular complexity index is 3750. The minimum absolute atomic E-state index is 0.103. The van der Waals surface area contributed by atoms with Gasteiger partial charge in [-0.3, -0.25) is 0 Å². The Kier molecular flexibility index (Phi) is 13.9. The average Bonchev–Trinajstić information content (AvgIpc) is 3.40. The average molecular weight is 1110 g/mol. The molecule has 0 spiro atoms. The topological polar surface area (TPSA) is 105 Å². The molecule has 0 aliphatic carbocycles. The normalized spacial score (nSPS) is 11.4. The third-order valence-corrected chi connectivity index (χ3v) is 16.2. The van der Waals surface area contributed by atoms with E-state index in [2.05, 4.69) is 31.9 Å². The molecule has 0 saturated heterocycles. The van der Waals surface area contributed by atoms with Crippen LogP contribution in [0, 0.1) is 0 Å². The Labute approximate surface area is 434 Å². The molecule has 0 saturated carbocycles. The number of halogens is 2. The van der Waals surface area contributed by atoms with Crippen molar-refractivity contribution in [3.8, 4) is 79.4 Å². The molecule has 0 N–H and O–H groups in total. The van der Waals surface area contributed by atoms with E-state index in [9.17, 15) is 16.8 Å². The van der Waals surface area contributed by atoms with Gasteiger partial charge in [-0.05, 0) is 168 Å². The molecule has 0 radical (unpaired) electrons. The van der Waals surface area contributed by atoms with Crippen molar-refractivity contribution in [3.63, 3.8) is 0 Å². The van der Waals surface area contributed by atoms with E-state index in [1.165, 1.54) is 48.5 Å². The molecule has 8 nitrogen and oxygen atoms in total. The summed E-state index contributed by atoms with van der Waals surface area (Å²) in [5, 5.41) is 0. The molecule has 0 aliphatic rings. The SMILES string of the molecule is O=S(=O)(c1ccc(Oc2cc(Br)cc(-c3ccccc3)c2)cc1)c1ccc(Oc2ccc(Oc3ccc(S(=O)(=O)c4ccc(Oc5cccc(Br)c5-c5ccccc5)cc4)cc3)cc2-c2ccccc2)cc1. The van der Waals surface area contributed by atoms with Gasteiger partial charge in [-0.2, -0.15) is 0 Å². The minimum atomic E-state index is -3.88. The van der Waals surface area contributed by atoms with E-state index in [-0.39, 0.29) is 19.6 Å². The van der Waals surface area contributed by atoms with Crippen LogP contribution in [0.2, 0.25) is 0 Å². The molecule has 0 atom stereocenters. The number of hydrogen-bond donors (Lipinski definition) is 0. The van der Waals surface area contributed by atoms with Crippen LogP contribution >= 0.6 is 31.9 Å². The third-order valence-electron chi connectivity index (χ3n) is 11.5. The van der Waals surface area contributed by atoms with Gasteiger partial charge < -0.3 is 18.9 Å². The summed E-state index contributed by atoms with van der Waals surface area (Å²) < 4.78 is 81.8. The summed E-state index contributed by atoms with van der Waals surface area (Å²) >= 11 is 7.22. The molecule has 10 aromatic carbocycles. The van der Waals surface area contributed by atoms with Crippen LogP contribution in [-0.2, 0) is 19.7 Å². The molecule has 0 bridgehead atoms. The third kappa shape index (κ3) is 10.8. The molecule has 0 amide bonds. The largest absolute Gasteiger partial charge is 0.457 e. The zero-order valence-corrected chi connectivity index (χ0v) is 42.7. The quantitative estimate of drug-likeness (QED) is 0.1000. The second kappa shape index (κ2) is 20.9. The van der Waals surface area contributed by atoms with E-state index in [4.69, 9.17) is 18.9 Å². The van der Waals surface area contributed by atoms with Crippen molar-refractivity contribution < 1.29 is 35.8 Å². The highest BCUT2D eigenvalue weighted by Gasteiger charge is 2.21. The van der Waals surface area contributed by atoms with Gasteiger partial charge in [0.05, 0.1) is 19.6 Å².